The van der Waals surface area contributed by atoms with Gasteiger partial charge in [0.25, 0.3) is 0 Å². The van der Waals surface area contributed by atoms with Gasteiger partial charge in [-0.25, -0.2) is 0 Å². The van der Waals surface area contributed by atoms with Crippen molar-refractivity contribution in [3.8, 4) is 5.75 Å². The number of nitrogens with one attached hydrogen (secondary N) is 1. The van der Waals surface area contributed by atoms with Gasteiger partial charge in [0.15, 0.2) is 0 Å². The van der Waals surface area contributed by atoms with E-state index in [0.29, 0.717) is 26.4 Å². The lowest BCUT2D eigenvalue weighted by atomic mass is 9.87. The second-order valence-electron chi connectivity index (χ2n) is 4.43. The molecular weight excluding hydrogens is 218 g/mol. The van der Waals surface area contributed by atoms with Crippen LogP contribution < -0.4 is 10.1 Å². The van der Waals surface area contributed by atoms with Crippen LogP contribution in [0.4, 0.5) is 5.69 Å². The van der Waals surface area contributed by atoms with Crippen LogP contribution in [0.5, 0.6) is 5.75 Å². The number of benzene rings is 1. The molecule has 0 amide bonds. The third-order valence-corrected chi connectivity index (χ3v) is 2.99. The van der Waals surface area contributed by atoms with Gasteiger partial charge < -0.3 is 19.9 Å². The predicted molar refractivity (Wildman–Crippen MR) is 66.4 cm³/mol. The first-order valence-electron chi connectivity index (χ1n) is 5.94. The molecule has 0 spiro atoms. The first-order valence-corrected chi connectivity index (χ1v) is 5.94. The number of aliphatic hydroxyl groups is 1. The predicted octanol–water partition coefficient (Wildman–Crippen LogP) is 1.51. The van der Waals surface area contributed by atoms with Crippen LogP contribution in [-0.2, 0) is 4.74 Å². The topological polar surface area (TPSA) is 50.7 Å². The Bertz CT molecular complexity index is 358. The second-order valence-corrected chi connectivity index (χ2v) is 4.43. The number of aliphatic hydroxyl groups excluding tert-OH is 1. The van der Waals surface area contributed by atoms with Crippen LogP contribution in [-0.4, -0.2) is 38.1 Å². The molecule has 0 aromatic heterocycles. The highest BCUT2D eigenvalue weighted by molar-refractivity contribution is 5.56. The van der Waals surface area contributed by atoms with E-state index >= 15 is 0 Å². The molecule has 1 aliphatic heterocycles. The van der Waals surface area contributed by atoms with E-state index in [1.807, 2.05) is 31.2 Å². The maximum absolute atomic E-state index is 9.34. The van der Waals surface area contributed by atoms with Crippen molar-refractivity contribution in [2.75, 3.05) is 38.3 Å². The molecule has 0 radical (unpaired) electrons. The van der Waals surface area contributed by atoms with Crippen LogP contribution in [0, 0.1) is 5.41 Å². The molecule has 0 saturated carbocycles. The molecule has 4 nitrogen and oxygen atoms in total. The summed E-state index contributed by atoms with van der Waals surface area (Å²) in [4.78, 5) is 0. The Morgan fingerprint density at radius 2 is 2.18 bits per heavy atom. The maximum Gasteiger partial charge on any atom is 0.142 e. The molecule has 0 aliphatic carbocycles. The van der Waals surface area contributed by atoms with E-state index in [9.17, 15) is 5.11 Å². The number of hydrogen-bond acceptors (Lipinski definition) is 4. The zero-order chi connectivity index (χ0) is 12.1. The number of para-hydroxylation sites is 2. The first-order chi connectivity index (χ1) is 8.29. The monoisotopic (exact) mass is 237 g/mol. The first kappa shape index (κ1) is 12.2. The minimum absolute atomic E-state index is 0.126. The van der Waals surface area contributed by atoms with Crippen LogP contribution >= 0.6 is 0 Å². The zero-order valence-electron chi connectivity index (χ0n) is 10.1. The molecule has 4 heteroatoms. The van der Waals surface area contributed by atoms with E-state index < -0.39 is 0 Å². The van der Waals surface area contributed by atoms with Gasteiger partial charge in [0.1, 0.15) is 5.75 Å². The molecule has 94 valence electrons. The number of anilines is 1. The fourth-order valence-corrected chi connectivity index (χ4v) is 1.82. The standard InChI is InChI=1S/C13H19NO3/c1-2-17-12-6-4-3-5-11(12)14-7-13(8-15)9-16-10-13/h3-6,14-15H,2,7-10H2,1H3. The molecule has 1 aliphatic rings. The normalized spacial score (nSPS) is 17.3. The van der Waals surface area contributed by atoms with Crippen LogP contribution in [0.3, 0.4) is 0 Å². The lowest BCUT2D eigenvalue weighted by Crippen LogP contribution is -2.50. The molecule has 1 aromatic rings. The number of hydrogen-bond donors (Lipinski definition) is 2. The Kier molecular flexibility index (Phi) is 3.86. The van der Waals surface area contributed by atoms with Crippen LogP contribution in [0.2, 0.25) is 0 Å². The van der Waals surface area contributed by atoms with E-state index in [1.165, 1.54) is 0 Å². The minimum atomic E-state index is -0.126. The lowest BCUT2D eigenvalue weighted by molar-refractivity contribution is -0.128. The highest BCUT2D eigenvalue weighted by atomic mass is 16.5. The van der Waals surface area contributed by atoms with Gasteiger partial charge in [0, 0.05) is 6.54 Å². The van der Waals surface area contributed by atoms with E-state index in [4.69, 9.17) is 9.47 Å². The Balaban J connectivity index is 1.98. The van der Waals surface area contributed by atoms with Crippen molar-refractivity contribution in [1.29, 1.82) is 0 Å². The van der Waals surface area contributed by atoms with E-state index in [0.717, 1.165) is 11.4 Å². The van der Waals surface area contributed by atoms with Gasteiger partial charge in [-0.3, -0.25) is 0 Å². The Labute approximate surface area is 102 Å². The molecule has 1 fully saturated rings. The molecule has 0 atom stereocenters. The SMILES string of the molecule is CCOc1ccccc1NCC1(CO)COC1. The Morgan fingerprint density at radius 3 is 2.76 bits per heavy atom. The molecule has 2 rings (SSSR count). The van der Waals surface area contributed by atoms with Crippen molar-refractivity contribution in [2.24, 2.45) is 5.41 Å². The van der Waals surface area contributed by atoms with Gasteiger partial charge in [0.05, 0.1) is 37.5 Å². The van der Waals surface area contributed by atoms with Crippen LogP contribution in [0.25, 0.3) is 0 Å². The summed E-state index contributed by atoms with van der Waals surface area (Å²) >= 11 is 0. The number of ether oxygens (including phenoxy) is 2. The second kappa shape index (κ2) is 5.38. The third kappa shape index (κ3) is 2.70. The smallest absolute Gasteiger partial charge is 0.142 e. The summed E-state index contributed by atoms with van der Waals surface area (Å²) in [6.45, 7) is 4.70. The van der Waals surface area contributed by atoms with Crippen molar-refractivity contribution in [1.82, 2.24) is 0 Å². The minimum Gasteiger partial charge on any atom is -0.492 e. The van der Waals surface area contributed by atoms with Crippen molar-refractivity contribution >= 4 is 5.69 Å². The Hall–Kier alpha value is -1.26. The van der Waals surface area contributed by atoms with Crippen LogP contribution in [0.1, 0.15) is 6.92 Å². The molecule has 0 bridgehead atoms. The summed E-state index contributed by atoms with van der Waals surface area (Å²) < 4.78 is 10.7. The van der Waals surface area contributed by atoms with E-state index in [1.54, 1.807) is 0 Å². The average Bonchev–Trinajstić information content (AvgIpc) is 2.31. The summed E-state index contributed by atoms with van der Waals surface area (Å²) in [7, 11) is 0. The largest absolute Gasteiger partial charge is 0.492 e. The maximum atomic E-state index is 9.34. The summed E-state index contributed by atoms with van der Waals surface area (Å²) in [5.41, 5.74) is 0.841. The van der Waals surface area contributed by atoms with Crippen molar-refractivity contribution in [3.05, 3.63) is 24.3 Å². The molecule has 0 unspecified atom stereocenters. The van der Waals surface area contributed by atoms with Gasteiger partial charge in [-0.2, -0.15) is 0 Å². The van der Waals surface area contributed by atoms with Crippen molar-refractivity contribution in [3.63, 3.8) is 0 Å². The fraction of sp³-hybridized carbons (Fsp3) is 0.538. The highest BCUT2D eigenvalue weighted by Crippen LogP contribution is 2.29. The van der Waals surface area contributed by atoms with Crippen molar-refractivity contribution < 1.29 is 14.6 Å². The molecular formula is C13H19NO3. The molecule has 17 heavy (non-hydrogen) atoms. The van der Waals surface area contributed by atoms with Gasteiger partial charge in [-0.1, -0.05) is 12.1 Å². The zero-order valence-corrected chi connectivity index (χ0v) is 10.1. The lowest BCUT2D eigenvalue weighted by Gasteiger charge is -2.40. The number of rotatable bonds is 6. The quantitative estimate of drug-likeness (QED) is 0.787. The van der Waals surface area contributed by atoms with Gasteiger partial charge in [0.2, 0.25) is 0 Å². The summed E-state index contributed by atoms with van der Waals surface area (Å²) in [5.74, 6) is 0.850. The van der Waals surface area contributed by atoms with Gasteiger partial charge >= 0.3 is 0 Å². The Morgan fingerprint density at radius 1 is 1.41 bits per heavy atom. The third-order valence-electron chi connectivity index (χ3n) is 2.99. The summed E-state index contributed by atoms with van der Waals surface area (Å²) in [5, 5.41) is 12.7. The van der Waals surface area contributed by atoms with E-state index in [-0.39, 0.29) is 12.0 Å². The van der Waals surface area contributed by atoms with Gasteiger partial charge in [-0.15, -0.1) is 0 Å². The molecule has 1 heterocycles. The molecule has 1 aromatic carbocycles. The summed E-state index contributed by atoms with van der Waals surface area (Å²) in [6, 6.07) is 7.84. The molecule has 1 saturated heterocycles. The summed E-state index contributed by atoms with van der Waals surface area (Å²) in [6.07, 6.45) is 0. The average molecular weight is 237 g/mol. The fourth-order valence-electron chi connectivity index (χ4n) is 1.82. The van der Waals surface area contributed by atoms with E-state index in [2.05, 4.69) is 5.32 Å². The van der Waals surface area contributed by atoms with Gasteiger partial charge in [-0.05, 0) is 19.1 Å². The van der Waals surface area contributed by atoms with Crippen LogP contribution in [0.15, 0.2) is 24.3 Å². The van der Waals surface area contributed by atoms with Crippen molar-refractivity contribution in [2.45, 2.75) is 6.92 Å². The highest BCUT2D eigenvalue weighted by Gasteiger charge is 2.37. The molecule has 2 N–H and O–H groups in total.